The second-order valence-corrected chi connectivity index (χ2v) is 4.01. The standard InChI is InChI=1S/C11H14ClF2N/c1-15(2)11(5-6-12)8-3-4-9(13)10(14)7-8/h3-4,7,11H,5-6H2,1-2H3. The fourth-order valence-electron chi connectivity index (χ4n) is 1.55. The molecule has 0 heterocycles. The Balaban J connectivity index is 2.95. The molecule has 1 aromatic rings. The first-order valence-electron chi connectivity index (χ1n) is 4.73. The number of hydrogen-bond acceptors (Lipinski definition) is 1. The second kappa shape index (κ2) is 5.42. The summed E-state index contributed by atoms with van der Waals surface area (Å²) >= 11 is 5.67. The van der Waals surface area contributed by atoms with Crippen molar-refractivity contribution in [2.75, 3.05) is 20.0 Å². The summed E-state index contributed by atoms with van der Waals surface area (Å²) in [6.45, 7) is 0. The molecule has 0 N–H and O–H groups in total. The van der Waals surface area contributed by atoms with Gasteiger partial charge in [0.1, 0.15) is 0 Å². The Morgan fingerprint density at radius 1 is 1.27 bits per heavy atom. The van der Waals surface area contributed by atoms with Crippen LogP contribution in [0.15, 0.2) is 18.2 Å². The molecule has 4 heteroatoms. The smallest absolute Gasteiger partial charge is 0.159 e. The zero-order chi connectivity index (χ0) is 11.4. The maximum Gasteiger partial charge on any atom is 0.159 e. The SMILES string of the molecule is CN(C)C(CCCl)c1ccc(F)c(F)c1. The molecule has 0 amide bonds. The van der Waals surface area contributed by atoms with Gasteiger partial charge in [-0.2, -0.15) is 0 Å². The highest BCUT2D eigenvalue weighted by molar-refractivity contribution is 6.17. The number of halogens is 3. The Bertz CT molecular complexity index is 328. The molecule has 1 nitrogen and oxygen atoms in total. The van der Waals surface area contributed by atoms with Crippen molar-refractivity contribution in [3.8, 4) is 0 Å². The molecular weight excluding hydrogens is 220 g/mol. The van der Waals surface area contributed by atoms with Crippen molar-refractivity contribution in [2.45, 2.75) is 12.5 Å². The van der Waals surface area contributed by atoms with E-state index in [0.29, 0.717) is 12.3 Å². The van der Waals surface area contributed by atoms with Crippen molar-refractivity contribution in [3.63, 3.8) is 0 Å². The third-order valence-corrected chi connectivity index (χ3v) is 2.55. The first-order chi connectivity index (χ1) is 7.06. The minimum Gasteiger partial charge on any atom is -0.302 e. The third-order valence-electron chi connectivity index (χ3n) is 2.33. The van der Waals surface area contributed by atoms with Crippen molar-refractivity contribution in [1.29, 1.82) is 0 Å². The Hall–Kier alpha value is -0.670. The van der Waals surface area contributed by atoms with Crippen LogP contribution in [-0.2, 0) is 0 Å². The van der Waals surface area contributed by atoms with Gasteiger partial charge >= 0.3 is 0 Å². The molecule has 1 rings (SSSR count). The average Bonchev–Trinajstić information content (AvgIpc) is 2.18. The predicted molar refractivity (Wildman–Crippen MR) is 58.1 cm³/mol. The topological polar surface area (TPSA) is 3.24 Å². The molecule has 0 spiro atoms. The van der Waals surface area contributed by atoms with Crippen LogP contribution in [0.1, 0.15) is 18.0 Å². The van der Waals surface area contributed by atoms with Crippen molar-refractivity contribution < 1.29 is 8.78 Å². The maximum absolute atomic E-state index is 13.0. The van der Waals surface area contributed by atoms with E-state index >= 15 is 0 Å². The Labute approximate surface area is 93.7 Å². The van der Waals surface area contributed by atoms with E-state index in [0.717, 1.165) is 11.6 Å². The summed E-state index contributed by atoms with van der Waals surface area (Å²) in [4.78, 5) is 1.94. The summed E-state index contributed by atoms with van der Waals surface area (Å²) in [5, 5.41) is 0. The van der Waals surface area contributed by atoms with Crippen molar-refractivity contribution >= 4 is 11.6 Å². The number of rotatable bonds is 4. The molecule has 84 valence electrons. The largest absolute Gasteiger partial charge is 0.302 e. The Morgan fingerprint density at radius 2 is 1.93 bits per heavy atom. The van der Waals surface area contributed by atoms with Crippen LogP contribution >= 0.6 is 11.6 Å². The summed E-state index contributed by atoms with van der Waals surface area (Å²) in [6, 6.07) is 4.00. The van der Waals surface area contributed by atoms with E-state index in [9.17, 15) is 8.78 Å². The van der Waals surface area contributed by atoms with Gasteiger partial charge in [0.25, 0.3) is 0 Å². The van der Waals surface area contributed by atoms with Gasteiger partial charge in [0.05, 0.1) is 0 Å². The molecule has 0 radical (unpaired) electrons. The Morgan fingerprint density at radius 3 is 2.40 bits per heavy atom. The lowest BCUT2D eigenvalue weighted by Crippen LogP contribution is -2.20. The summed E-state index contributed by atoms with van der Waals surface area (Å²) in [5.41, 5.74) is 0.750. The van der Waals surface area contributed by atoms with Crippen LogP contribution in [0.2, 0.25) is 0 Å². The summed E-state index contributed by atoms with van der Waals surface area (Å²) in [7, 11) is 3.77. The lowest BCUT2D eigenvalue weighted by molar-refractivity contribution is 0.292. The van der Waals surface area contributed by atoms with Crippen LogP contribution in [0.4, 0.5) is 8.78 Å². The van der Waals surface area contributed by atoms with Gasteiger partial charge in [-0.3, -0.25) is 0 Å². The molecule has 0 fully saturated rings. The van der Waals surface area contributed by atoms with Crippen LogP contribution in [0.3, 0.4) is 0 Å². The van der Waals surface area contributed by atoms with E-state index < -0.39 is 11.6 Å². The van der Waals surface area contributed by atoms with Gasteiger partial charge < -0.3 is 4.90 Å². The second-order valence-electron chi connectivity index (χ2n) is 3.63. The molecule has 0 saturated heterocycles. The molecule has 0 aliphatic carbocycles. The molecule has 1 atom stereocenters. The number of nitrogens with zero attached hydrogens (tertiary/aromatic N) is 1. The van der Waals surface area contributed by atoms with Gasteiger partial charge in [0.15, 0.2) is 11.6 Å². The van der Waals surface area contributed by atoms with E-state index in [1.807, 2.05) is 19.0 Å². The van der Waals surface area contributed by atoms with Crippen LogP contribution in [0.5, 0.6) is 0 Å². The number of hydrogen-bond donors (Lipinski definition) is 0. The molecule has 0 aliphatic rings. The van der Waals surface area contributed by atoms with E-state index in [1.165, 1.54) is 6.07 Å². The van der Waals surface area contributed by atoms with E-state index in [2.05, 4.69) is 0 Å². The maximum atomic E-state index is 13.0. The van der Waals surface area contributed by atoms with Gasteiger partial charge in [-0.1, -0.05) is 6.07 Å². The molecule has 0 saturated carbocycles. The quantitative estimate of drug-likeness (QED) is 0.722. The number of benzene rings is 1. The minimum absolute atomic E-state index is 0.0256. The van der Waals surface area contributed by atoms with Crippen molar-refractivity contribution in [3.05, 3.63) is 35.4 Å². The van der Waals surface area contributed by atoms with Crippen LogP contribution in [0.25, 0.3) is 0 Å². The molecule has 0 aliphatic heterocycles. The van der Waals surface area contributed by atoms with Gasteiger partial charge in [-0.05, 0) is 38.2 Å². The fourth-order valence-corrected chi connectivity index (χ4v) is 1.75. The van der Waals surface area contributed by atoms with Crippen LogP contribution in [0, 0.1) is 11.6 Å². The predicted octanol–water partition coefficient (Wildman–Crippen LogP) is 3.20. The summed E-state index contributed by atoms with van der Waals surface area (Å²) in [6.07, 6.45) is 0.708. The lowest BCUT2D eigenvalue weighted by atomic mass is 10.0. The van der Waals surface area contributed by atoms with Crippen molar-refractivity contribution in [2.24, 2.45) is 0 Å². The zero-order valence-corrected chi connectivity index (χ0v) is 9.56. The highest BCUT2D eigenvalue weighted by atomic mass is 35.5. The highest BCUT2D eigenvalue weighted by Gasteiger charge is 2.15. The lowest BCUT2D eigenvalue weighted by Gasteiger charge is -2.23. The van der Waals surface area contributed by atoms with Crippen LogP contribution in [-0.4, -0.2) is 24.9 Å². The molecule has 0 aromatic heterocycles. The van der Waals surface area contributed by atoms with E-state index in [1.54, 1.807) is 6.07 Å². The summed E-state index contributed by atoms with van der Waals surface area (Å²) < 4.78 is 25.8. The van der Waals surface area contributed by atoms with E-state index in [4.69, 9.17) is 11.6 Å². The molecule has 1 aromatic carbocycles. The zero-order valence-electron chi connectivity index (χ0n) is 8.80. The van der Waals surface area contributed by atoms with E-state index in [-0.39, 0.29) is 6.04 Å². The Kier molecular flexibility index (Phi) is 4.48. The van der Waals surface area contributed by atoms with Gasteiger partial charge in [0, 0.05) is 11.9 Å². The fraction of sp³-hybridized carbons (Fsp3) is 0.455. The molecule has 15 heavy (non-hydrogen) atoms. The summed E-state index contributed by atoms with van der Waals surface area (Å²) in [5.74, 6) is -1.14. The van der Waals surface area contributed by atoms with Gasteiger partial charge in [-0.15, -0.1) is 11.6 Å². The highest BCUT2D eigenvalue weighted by Crippen LogP contribution is 2.23. The first-order valence-corrected chi connectivity index (χ1v) is 5.27. The van der Waals surface area contributed by atoms with Crippen molar-refractivity contribution in [1.82, 2.24) is 4.90 Å². The van der Waals surface area contributed by atoms with Crippen LogP contribution < -0.4 is 0 Å². The monoisotopic (exact) mass is 233 g/mol. The number of alkyl halides is 1. The average molecular weight is 234 g/mol. The molecular formula is C11H14ClF2N. The minimum atomic E-state index is -0.817. The molecule has 1 unspecified atom stereocenters. The third kappa shape index (κ3) is 3.14. The first kappa shape index (κ1) is 12.4. The van der Waals surface area contributed by atoms with Gasteiger partial charge in [-0.25, -0.2) is 8.78 Å². The normalized spacial score (nSPS) is 13.2. The van der Waals surface area contributed by atoms with Gasteiger partial charge in [0.2, 0.25) is 0 Å². The molecule has 0 bridgehead atoms.